The highest BCUT2D eigenvalue weighted by Gasteiger charge is 2.22. The van der Waals surface area contributed by atoms with E-state index in [4.69, 9.17) is 0 Å². The number of piperidine rings is 1. The molecule has 3 heteroatoms. The van der Waals surface area contributed by atoms with Crippen LogP contribution in [0.4, 0.5) is 0 Å². The predicted molar refractivity (Wildman–Crippen MR) is 81.2 cm³/mol. The molecule has 3 nitrogen and oxygen atoms in total. The fourth-order valence-corrected chi connectivity index (χ4v) is 2.81. The first-order valence-electron chi connectivity index (χ1n) is 8.15. The zero-order chi connectivity index (χ0) is 14.1. The van der Waals surface area contributed by atoms with Gasteiger partial charge in [0.2, 0.25) is 5.91 Å². The van der Waals surface area contributed by atoms with Crippen molar-refractivity contribution in [3.05, 3.63) is 0 Å². The second-order valence-electron chi connectivity index (χ2n) is 6.16. The van der Waals surface area contributed by atoms with Gasteiger partial charge >= 0.3 is 0 Å². The Morgan fingerprint density at radius 2 is 2.11 bits per heavy atom. The van der Waals surface area contributed by atoms with Gasteiger partial charge in [-0.1, -0.05) is 26.2 Å². The second-order valence-corrected chi connectivity index (χ2v) is 6.16. The van der Waals surface area contributed by atoms with Crippen molar-refractivity contribution in [2.45, 2.75) is 71.8 Å². The number of amides is 1. The number of rotatable bonds is 8. The molecule has 1 aliphatic heterocycles. The molecule has 1 aliphatic rings. The largest absolute Gasteiger partial charge is 0.340 e. The minimum Gasteiger partial charge on any atom is -0.340 e. The van der Waals surface area contributed by atoms with Crippen LogP contribution in [-0.4, -0.2) is 36.5 Å². The third-order valence-corrected chi connectivity index (χ3v) is 4.04. The van der Waals surface area contributed by atoms with E-state index in [0.29, 0.717) is 17.9 Å². The summed E-state index contributed by atoms with van der Waals surface area (Å²) in [5.74, 6) is 1.01. The summed E-state index contributed by atoms with van der Waals surface area (Å²) in [5, 5.41) is 3.44. The maximum absolute atomic E-state index is 12.3. The van der Waals surface area contributed by atoms with Crippen LogP contribution in [0.2, 0.25) is 0 Å². The lowest BCUT2D eigenvalue weighted by Gasteiger charge is -2.33. The summed E-state index contributed by atoms with van der Waals surface area (Å²) in [6, 6.07) is 0.334. The molecule has 1 atom stereocenters. The Morgan fingerprint density at radius 3 is 2.68 bits per heavy atom. The van der Waals surface area contributed by atoms with Crippen LogP contribution in [0.5, 0.6) is 0 Å². The highest BCUT2D eigenvalue weighted by Crippen LogP contribution is 2.15. The standard InChI is InChI=1S/C16H32N2O/c1-4-5-6-7-10-16(19)18(14(2)3)13-15-9-8-11-17-12-15/h14-15,17H,4-13H2,1-3H3. The van der Waals surface area contributed by atoms with Crippen molar-refractivity contribution in [3.8, 4) is 0 Å². The fourth-order valence-electron chi connectivity index (χ4n) is 2.81. The summed E-state index contributed by atoms with van der Waals surface area (Å²) >= 11 is 0. The van der Waals surface area contributed by atoms with E-state index in [1.54, 1.807) is 0 Å². The quantitative estimate of drug-likeness (QED) is 0.686. The average molecular weight is 268 g/mol. The molecule has 0 aromatic rings. The van der Waals surface area contributed by atoms with Crippen LogP contribution < -0.4 is 5.32 Å². The minimum absolute atomic E-state index is 0.334. The molecule has 0 aromatic carbocycles. The predicted octanol–water partition coefficient (Wildman–Crippen LogP) is 3.19. The van der Waals surface area contributed by atoms with E-state index in [9.17, 15) is 4.79 Å². The molecule has 0 aromatic heterocycles. The number of hydrogen-bond acceptors (Lipinski definition) is 2. The van der Waals surface area contributed by atoms with Crippen molar-refractivity contribution < 1.29 is 4.79 Å². The molecule has 0 radical (unpaired) electrons. The number of nitrogens with zero attached hydrogens (tertiary/aromatic N) is 1. The number of nitrogens with one attached hydrogen (secondary N) is 1. The van der Waals surface area contributed by atoms with Gasteiger partial charge in [0.25, 0.3) is 0 Å². The summed E-state index contributed by atoms with van der Waals surface area (Å²) in [6.07, 6.45) is 7.98. The van der Waals surface area contributed by atoms with E-state index in [2.05, 4.69) is 31.0 Å². The lowest BCUT2D eigenvalue weighted by Crippen LogP contribution is -2.44. The van der Waals surface area contributed by atoms with E-state index in [1.165, 1.54) is 32.1 Å². The van der Waals surface area contributed by atoms with Crippen LogP contribution >= 0.6 is 0 Å². The molecule has 19 heavy (non-hydrogen) atoms. The zero-order valence-corrected chi connectivity index (χ0v) is 13.1. The van der Waals surface area contributed by atoms with E-state index in [1.807, 2.05) is 0 Å². The van der Waals surface area contributed by atoms with E-state index in [0.717, 1.165) is 32.5 Å². The Hall–Kier alpha value is -0.570. The third-order valence-electron chi connectivity index (χ3n) is 4.04. The molecule has 0 aliphatic carbocycles. The third kappa shape index (κ3) is 6.42. The van der Waals surface area contributed by atoms with Gasteiger partial charge in [-0.05, 0) is 52.1 Å². The number of carbonyl (C=O) groups excluding carboxylic acids is 1. The van der Waals surface area contributed by atoms with Gasteiger partial charge in [-0.25, -0.2) is 0 Å². The van der Waals surface area contributed by atoms with E-state index >= 15 is 0 Å². The van der Waals surface area contributed by atoms with Crippen molar-refractivity contribution in [1.82, 2.24) is 10.2 Å². The summed E-state index contributed by atoms with van der Waals surface area (Å²) in [7, 11) is 0. The second kappa shape index (κ2) is 9.35. The van der Waals surface area contributed by atoms with Gasteiger partial charge < -0.3 is 10.2 Å². The lowest BCUT2D eigenvalue weighted by molar-refractivity contribution is -0.133. The molecular formula is C16H32N2O. The monoisotopic (exact) mass is 268 g/mol. The maximum Gasteiger partial charge on any atom is 0.222 e. The first-order valence-corrected chi connectivity index (χ1v) is 8.15. The Morgan fingerprint density at radius 1 is 1.32 bits per heavy atom. The van der Waals surface area contributed by atoms with E-state index < -0.39 is 0 Å². The number of unbranched alkanes of at least 4 members (excludes halogenated alkanes) is 3. The van der Waals surface area contributed by atoms with Gasteiger partial charge in [0.1, 0.15) is 0 Å². The molecule has 1 saturated heterocycles. The number of carbonyl (C=O) groups is 1. The normalized spacial score (nSPS) is 19.7. The highest BCUT2D eigenvalue weighted by atomic mass is 16.2. The molecule has 112 valence electrons. The van der Waals surface area contributed by atoms with Gasteiger partial charge in [-0.2, -0.15) is 0 Å². The Bertz CT molecular complexity index is 247. The summed E-state index contributed by atoms with van der Waals surface area (Å²) in [5.41, 5.74) is 0. The van der Waals surface area contributed by atoms with Gasteiger partial charge in [0, 0.05) is 19.0 Å². The van der Waals surface area contributed by atoms with Crippen LogP contribution in [0.15, 0.2) is 0 Å². The fraction of sp³-hybridized carbons (Fsp3) is 0.938. The van der Waals surface area contributed by atoms with Crippen molar-refractivity contribution in [3.63, 3.8) is 0 Å². The topological polar surface area (TPSA) is 32.3 Å². The molecule has 1 N–H and O–H groups in total. The molecule has 1 rings (SSSR count). The lowest BCUT2D eigenvalue weighted by atomic mass is 9.98. The van der Waals surface area contributed by atoms with Crippen LogP contribution in [0.25, 0.3) is 0 Å². The summed E-state index contributed by atoms with van der Waals surface area (Å²) < 4.78 is 0. The molecule has 1 heterocycles. The van der Waals surface area contributed by atoms with Crippen molar-refractivity contribution in [2.75, 3.05) is 19.6 Å². The Balaban J connectivity index is 2.35. The smallest absolute Gasteiger partial charge is 0.222 e. The first kappa shape index (κ1) is 16.5. The van der Waals surface area contributed by atoms with Crippen LogP contribution in [-0.2, 0) is 4.79 Å². The van der Waals surface area contributed by atoms with Crippen LogP contribution in [0.3, 0.4) is 0 Å². The highest BCUT2D eigenvalue weighted by molar-refractivity contribution is 5.76. The Labute approximate surface area is 119 Å². The summed E-state index contributed by atoms with van der Waals surface area (Å²) in [4.78, 5) is 14.4. The molecule has 1 unspecified atom stereocenters. The van der Waals surface area contributed by atoms with Gasteiger partial charge in [0.15, 0.2) is 0 Å². The van der Waals surface area contributed by atoms with Crippen molar-refractivity contribution in [2.24, 2.45) is 5.92 Å². The van der Waals surface area contributed by atoms with Crippen molar-refractivity contribution in [1.29, 1.82) is 0 Å². The minimum atomic E-state index is 0.334. The molecule has 1 fully saturated rings. The molecule has 1 amide bonds. The zero-order valence-electron chi connectivity index (χ0n) is 13.1. The van der Waals surface area contributed by atoms with Crippen molar-refractivity contribution >= 4 is 5.91 Å². The average Bonchev–Trinajstić information content (AvgIpc) is 2.41. The molecule has 0 bridgehead atoms. The summed E-state index contributed by atoms with van der Waals surface area (Å²) in [6.45, 7) is 9.64. The van der Waals surface area contributed by atoms with Gasteiger partial charge in [-0.3, -0.25) is 4.79 Å². The molecular weight excluding hydrogens is 236 g/mol. The SMILES string of the molecule is CCCCCCC(=O)N(CC1CCCNC1)C(C)C. The van der Waals surface area contributed by atoms with Crippen LogP contribution in [0, 0.1) is 5.92 Å². The van der Waals surface area contributed by atoms with Gasteiger partial charge in [0.05, 0.1) is 0 Å². The molecule has 0 saturated carbocycles. The Kier molecular flexibility index (Phi) is 8.11. The first-order chi connectivity index (χ1) is 9.15. The maximum atomic E-state index is 12.3. The van der Waals surface area contributed by atoms with Gasteiger partial charge in [-0.15, -0.1) is 0 Å². The molecule has 0 spiro atoms. The van der Waals surface area contributed by atoms with E-state index in [-0.39, 0.29) is 0 Å². The number of hydrogen-bond donors (Lipinski definition) is 1. The van der Waals surface area contributed by atoms with Crippen LogP contribution in [0.1, 0.15) is 65.7 Å².